The molecule has 17 heavy (non-hydrogen) atoms. The number of nitrogens with zero attached hydrogens (tertiary/aromatic N) is 1. The SMILES string of the molecule is O=C(O)C1CCCCN1S(=O)(=O)CC1CCC1. The van der Waals surface area contributed by atoms with E-state index in [1.807, 2.05) is 0 Å². The van der Waals surface area contributed by atoms with Gasteiger partial charge in [0.25, 0.3) is 0 Å². The highest BCUT2D eigenvalue weighted by molar-refractivity contribution is 7.89. The Morgan fingerprint density at radius 2 is 1.88 bits per heavy atom. The molecule has 1 atom stereocenters. The van der Waals surface area contributed by atoms with E-state index in [9.17, 15) is 13.2 Å². The second kappa shape index (κ2) is 4.94. The van der Waals surface area contributed by atoms with Gasteiger partial charge in [0.1, 0.15) is 6.04 Å². The fourth-order valence-electron chi connectivity index (χ4n) is 2.54. The van der Waals surface area contributed by atoms with Gasteiger partial charge >= 0.3 is 5.97 Å². The zero-order valence-electron chi connectivity index (χ0n) is 9.84. The number of piperidine rings is 1. The Hall–Kier alpha value is -0.620. The molecule has 1 heterocycles. The zero-order valence-corrected chi connectivity index (χ0v) is 10.7. The molecule has 1 saturated heterocycles. The lowest BCUT2D eigenvalue weighted by Gasteiger charge is -2.34. The van der Waals surface area contributed by atoms with Crippen molar-refractivity contribution in [3.8, 4) is 0 Å². The number of carboxylic acid groups (broad SMARTS) is 1. The average molecular weight is 261 g/mol. The molecule has 2 fully saturated rings. The molecule has 1 unspecified atom stereocenters. The maximum absolute atomic E-state index is 12.2. The standard InChI is InChI=1S/C11H19NO4S/c13-11(14)10-6-1-2-7-12(10)17(15,16)8-9-4-3-5-9/h9-10H,1-8H2,(H,13,14). The van der Waals surface area contributed by atoms with Crippen LogP contribution in [0.1, 0.15) is 38.5 Å². The number of rotatable bonds is 4. The summed E-state index contributed by atoms with van der Waals surface area (Å²) in [6.07, 6.45) is 5.04. The summed E-state index contributed by atoms with van der Waals surface area (Å²) >= 11 is 0. The summed E-state index contributed by atoms with van der Waals surface area (Å²) in [5.74, 6) is -0.630. The first-order valence-electron chi connectivity index (χ1n) is 6.23. The van der Waals surface area contributed by atoms with Gasteiger partial charge in [0, 0.05) is 6.54 Å². The van der Waals surface area contributed by atoms with Gasteiger partial charge < -0.3 is 5.11 Å². The molecule has 0 aromatic rings. The minimum Gasteiger partial charge on any atom is -0.480 e. The lowest BCUT2D eigenvalue weighted by atomic mass is 9.87. The maximum Gasteiger partial charge on any atom is 0.322 e. The van der Waals surface area contributed by atoms with Gasteiger partial charge in [0.2, 0.25) is 10.0 Å². The molecule has 0 aromatic carbocycles. The highest BCUT2D eigenvalue weighted by Crippen LogP contribution is 2.30. The zero-order chi connectivity index (χ0) is 12.5. The average Bonchev–Trinajstić information content (AvgIpc) is 2.24. The Balaban J connectivity index is 2.08. The van der Waals surface area contributed by atoms with Crippen LogP contribution in [0.2, 0.25) is 0 Å². The van der Waals surface area contributed by atoms with Crippen LogP contribution in [0.5, 0.6) is 0 Å². The number of sulfonamides is 1. The number of hydrogen-bond acceptors (Lipinski definition) is 3. The molecule has 1 N–H and O–H groups in total. The molecular weight excluding hydrogens is 242 g/mol. The topological polar surface area (TPSA) is 74.7 Å². The van der Waals surface area contributed by atoms with Crippen LogP contribution in [-0.4, -0.2) is 42.1 Å². The molecular formula is C11H19NO4S. The first kappa shape index (κ1) is 12.8. The fraction of sp³-hybridized carbons (Fsp3) is 0.909. The van der Waals surface area contributed by atoms with Gasteiger partial charge in [-0.2, -0.15) is 4.31 Å². The number of carboxylic acids is 1. The van der Waals surface area contributed by atoms with E-state index < -0.39 is 22.0 Å². The third kappa shape index (κ3) is 2.80. The molecule has 1 aliphatic heterocycles. The lowest BCUT2D eigenvalue weighted by molar-refractivity contribution is -0.142. The molecule has 1 saturated carbocycles. The fourth-order valence-corrected chi connectivity index (χ4v) is 4.65. The lowest BCUT2D eigenvalue weighted by Crippen LogP contribution is -2.49. The van der Waals surface area contributed by atoms with Crippen molar-refractivity contribution in [3.63, 3.8) is 0 Å². The Labute approximate surface area is 102 Å². The van der Waals surface area contributed by atoms with Crippen LogP contribution < -0.4 is 0 Å². The quantitative estimate of drug-likeness (QED) is 0.821. The van der Waals surface area contributed by atoms with Crippen molar-refractivity contribution in [1.82, 2.24) is 4.31 Å². The number of hydrogen-bond donors (Lipinski definition) is 1. The van der Waals surface area contributed by atoms with Crippen LogP contribution in [0.15, 0.2) is 0 Å². The molecule has 0 radical (unpaired) electrons. The van der Waals surface area contributed by atoms with Crippen molar-refractivity contribution in [3.05, 3.63) is 0 Å². The maximum atomic E-state index is 12.2. The van der Waals surface area contributed by atoms with E-state index in [-0.39, 0.29) is 11.7 Å². The third-order valence-corrected chi connectivity index (χ3v) is 5.81. The highest BCUT2D eigenvalue weighted by atomic mass is 32.2. The normalized spacial score (nSPS) is 27.6. The van der Waals surface area contributed by atoms with Crippen LogP contribution in [-0.2, 0) is 14.8 Å². The summed E-state index contributed by atoms with van der Waals surface area (Å²) in [7, 11) is -3.39. The van der Waals surface area contributed by atoms with Gasteiger partial charge in [-0.25, -0.2) is 8.42 Å². The molecule has 2 rings (SSSR count). The van der Waals surface area contributed by atoms with E-state index in [1.165, 1.54) is 4.31 Å². The summed E-state index contributed by atoms with van der Waals surface area (Å²) < 4.78 is 25.6. The third-order valence-electron chi connectivity index (χ3n) is 3.77. The van der Waals surface area contributed by atoms with Crippen molar-refractivity contribution >= 4 is 16.0 Å². The predicted molar refractivity (Wildman–Crippen MR) is 63.1 cm³/mol. The van der Waals surface area contributed by atoms with E-state index in [0.717, 1.165) is 32.1 Å². The Morgan fingerprint density at radius 1 is 1.18 bits per heavy atom. The van der Waals surface area contributed by atoms with Crippen LogP contribution in [0.25, 0.3) is 0 Å². The van der Waals surface area contributed by atoms with Crippen molar-refractivity contribution < 1.29 is 18.3 Å². The smallest absolute Gasteiger partial charge is 0.322 e. The second-order valence-corrected chi connectivity index (χ2v) is 7.00. The summed E-state index contributed by atoms with van der Waals surface area (Å²) in [5.41, 5.74) is 0. The monoisotopic (exact) mass is 261 g/mol. The van der Waals surface area contributed by atoms with E-state index >= 15 is 0 Å². The number of aliphatic carboxylic acids is 1. The van der Waals surface area contributed by atoms with Gasteiger partial charge in [-0.15, -0.1) is 0 Å². The van der Waals surface area contributed by atoms with Crippen molar-refractivity contribution in [2.24, 2.45) is 5.92 Å². The number of carbonyl (C=O) groups is 1. The molecule has 0 aromatic heterocycles. The minimum atomic E-state index is -3.39. The molecule has 0 spiro atoms. The van der Waals surface area contributed by atoms with Gasteiger partial charge in [-0.05, 0) is 38.0 Å². The summed E-state index contributed by atoms with van der Waals surface area (Å²) in [5, 5.41) is 9.07. The molecule has 5 nitrogen and oxygen atoms in total. The summed E-state index contributed by atoms with van der Waals surface area (Å²) in [6, 6.07) is -0.839. The summed E-state index contributed by atoms with van der Waals surface area (Å²) in [4.78, 5) is 11.1. The van der Waals surface area contributed by atoms with E-state index in [1.54, 1.807) is 0 Å². The van der Waals surface area contributed by atoms with Crippen LogP contribution >= 0.6 is 0 Å². The molecule has 2 aliphatic rings. The first-order chi connectivity index (χ1) is 8.00. The van der Waals surface area contributed by atoms with Crippen molar-refractivity contribution in [2.75, 3.05) is 12.3 Å². The Kier molecular flexibility index (Phi) is 3.73. The summed E-state index contributed by atoms with van der Waals surface area (Å²) in [6.45, 7) is 0.367. The van der Waals surface area contributed by atoms with Gasteiger partial charge in [-0.1, -0.05) is 6.42 Å². The molecule has 1 aliphatic carbocycles. The van der Waals surface area contributed by atoms with E-state index in [2.05, 4.69) is 0 Å². The van der Waals surface area contributed by atoms with Gasteiger partial charge in [0.05, 0.1) is 5.75 Å². The van der Waals surface area contributed by atoms with Crippen LogP contribution in [0.3, 0.4) is 0 Å². The highest BCUT2D eigenvalue weighted by Gasteiger charge is 2.38. The molecule has 98 valence electrons. The molecule has 0 bridgehead atoms. The van der Waals surface area contributed by atoms with E-state index in [0.29, 0.717) is 13.0 Å². The molecule has 6 heteroatoms. The van der Waals surface area contributed by atoms with Crippen molar-refractivity contribution in [2.45, 2.75) is 44.6 Å². The predicted octanol–water partition coefficient (Wildman–Crippen LogP) is 1.06. The molecule has 0 amide bonds. The van der Waals surface area contributed by atoms with Crippen molar-refractivity contribution in [1.29, 1.82) is 0 Å². The Morgan fingerprint density at radius 3 is 2.41 bits per heavy atom. The van der Waals surface area contributed by atoms with Gasteiger partial charge in [0.15, 0.2) is 0 Å². The van der Waals surface area contributed by atoms with Crippen LogP contribution in [0.4, 0.5) is 0 Å². The minimum absolute atomic E-state index is 0.136. The van der Waals surface area contributed by atoms with E-state index in [4.69, 9.17) is 5.11 Å². The Bertz CT molecular complexity index is 388. The van der Waals surface area contributed by atoms with Crippen LogP contribution in [0, 0.1) is 5.92 Å². The second-order valence-electron chi connectivity index (χ2n) is 5.04. The van der Waals surface area contributed by atoms with Gasteiger partial charge in [-0.3, -0.25) is 4.79 Å². The largest absolute Gasteiger partial charge is 0.480 e. The first-order valence-corrected chi connectivity index (χ1v) is 7.84.